The number of aliphatic hydroxyl groups excluding tert-OH is 1. The Morgan fingerprint density at radius 3 is 3.11 bits per heavy atom. The van der Waals surface area contributed by atoms with Crippen molar-refractivity contribution in [2.45, 2.75) is 19.4 Å². The molecule has 1 N–H and O–H groups in total. The standard InChI is InChI=1S/C14H13ClN2OS/c1-9-11(3-2-4-12(9)15)13(18)7-10-8-17-5-6-19-14(17)16-10/h2-6,8,13,18H,7H2,1H3. The topological polar surface area (TPSA) is 37.5 Å². The second-order valence-electron chi connectivity index (χ2n) is 4.50. The van der Waals surface area contributed by atoms with Gasteiger partial charge in [0.25, 0.3) is 0 Å². The minimum Gasteiger partial charge on any atom is -0.388 e. The molecule has 0 spiro atoms. The summed E-state index contributed by atoms with van der Waals surface area (Å²) in [5, 5.41) is 13.0. The van der Waals surface area contributed by atoms with Crippen LogP contribution in [0.15, 0.2) is 36.0 Å². The highest BCUT2D eigenvalue weighted by atomic mass is 35.5. The smallest absolute Gasteiger partial charge is 0.193 e. The van der Waals surface area contributed by atoms with Crippen molar-refractivity contribution in [3.05, 3.63) is 57.8 Å². The summed E-state index contributed by atoms with van der Waals surface area (Å²) in [4.78, 5) is 5.43. The van der Waals surface area contributed by atoms with Gasteiger partial charge in [-0.25, -0.2) is 4.98 Å². The lowest BCUT2D eigenvalue weighted by molar-refractivity contribution is 0.176. The van der Waals surface area contributed by atoms with E-state index >= 15 is 0 Å². The molecule has 1 aromatic carbocycles. The largest absolute Gasteiger partial charge is 0.388 e. The first-order valence-electron chi connectivity index (χ1n) is 5.99. The van der Waals surface area contributed by atoms with Crippen LogP contribution in [0.5, 0.6) is 0 Å². The molecule has 2 aromatic heterocycles. The number of halogens is 1. The Bertz CT molecular complexity index is 691. The lowest BCUT2D eigenvalue weighted by atomic mass is 10.0. The lowest BCUT2D eigenvalue weighted by Gasteiger charge is -2.13. The van der Waals surface area contributed by atoms with Gasteiger partial charge in [-0.05, 0) is 24.1 Å². The number of hydrogen-bond donors (Lipinski definition) is 1. The highest BCUT2D eigenvalue weighted by molar-refractivity contribution is 7.15. The summed E-state index contributed by atoms with van der Waals surface area (Å²) >= 11 is 7.66. The van der Waals surface area contributed by atoms with E-state index in [1.165, 1.54) is 0 Å². The summed E-state index contributed by atoms with van der Waals surface area (Å²) in [6.07, 6.45) is 3.83. The molecule has 1 unspecified atom stereocenters. The fourth-order valence-electron chi connectivity index (χ4n) is 2.17. The van der Waals surface area contributed by atoms with E-state index < -0.39 is 6.10 Å². The van der Waals surface area contributed by atoms with Gasteiger partial charge in [0.05, 0.1) is 11.8 Å². The van der Waals surface area contributed by atoms with Crippen molar-refractivity contribution in [2.24, 2.45) is 0 Å². The molecule has 0 aliphatic heterocycles. The van der Waals surface area contributed by atoms with Crippen LogP contribution in [0.2, 0.25) is 5.02 Å². The third kappa shape index (κ3) is 2.39. The molecule has 5 heteroatoms. The maximum absolute atomic E-state index is 10.3. The van der Waals surface area contributed by atoms with Gasteiger partial charge in [-0.2, -0.15) is 0 Å². The Kier molecular flexibility index (Phi) is 3.31. The highest BCUT2D eigenvalue weighted by Crippen LogP contribution is 2.26. The predicted octanol–water partition coefficient (Wildman–Crippen LogP) is 3.63. The van der Waals surface area contributed by atoms with E-state index in [-0.39, 0.29) is 0 Å². The van der Waals surface area contributed by atoms with Crippen LogP contribution >= 0.6 is 22.9 Å². The Morgan fingerprint density at radius 1 is 1.47 bits per heavy atom. The minimum atomic E-state index is -0.580. The van der Waals surface area contributed by atoms with Crippen molar-refractivity contribution in [2.75, 3.05) is 0 Å². The molecule has 0 radical (unpaired) electrons. The first-order chi connectivity index (χ1) is 9.15. The minimum absolute atomic E-state index is 0.496. The molecular formula is C14H13ClN2OS. The number of hydrogen-bond acceptors (Lipinski definition) is 3. The molecule has 2 heterocycles. The molecule has 0 saturated carbocycles. The summed E-state index contributed by atoms with van der Waals surface area (Å²) in [5.74, 6) is 0. The maximum Gasteiger partial charge on any atom is 0.193 e. The van der Waals surface area contributed by atoms with Gasteiger partial charge in [0, 0.05) is 29.2 Å². The van der Waals surface area contributed by atoms with E-state index in [0.717, 1.165) is 21.8 Å². The van der Waals surface area contributed by atoms with E-state index in [1.807, 2.05) is 47.3 Å². The zero-order valence-electron chi connectivity index (χ0n) is 10.4. The molecule has 0 fully saturated rings. The molecule has 0 aliphatic carbocycles. The van der Waals surface area contributed by atoms with Crippen LogP contribution < -0.4 is 0 Å². The number of aliphatic hydroxyl groups is 1. The van der Waals surface area contributed by atoms with Crippen LogP contribution in [0.3, 0.4) is 0 Å². The molecule has 3 rings (SSSR count). The average molecular weight is 293 g/mol. The third-order valence-corrected chi connectivity index (χ3v) is 4.39. The van der Waals surface area contributed by atoms with Crippen LogP contribution in [0.1, 0.15) is 22.9 Å². The fourth-order valence-corrected chi connectivity index (χ4v) is 3.07. The van der Waals surface area contributed by atoms with Crippen LogP contribution in [0, 0.1) is 6.92 Å². The lowest BCUT2D eigenvalue weighted by Crippen LogP contribution is -2.04. The van der Waals surface area contributed by atoms with Gasteiger partial charge in [-0.15, -0.1) is 11.3 Å². The molecule has 98 valence electrons. The van der Waals surface area contributed by atoms with Gasteiger partial charge in [0.1, 0.15) is 0 Å². The maximum atomic E-state index is 10.3. The van der Waals surface area contributed by atoms with Crippen LogP contribution in [0.25, 0.3) is 4.96 Å². The van der Waals surface area contributed by atoms with E-state index in [1.54, 1.807) is 11.3 Å². The molecule has 1 atom stereocenters. The van der Waals surface area contributed by atoms with Crippen molar-refractivity contribution < 1.29 is 5.11 Å². The number of aromatic nitrogens is 2. The molecule has 3 aromatic rings. The Hall–Kier alpha value is -1.36. The van der Waals surface area contributed by atoms with Gasteiger partial charge in [0.15, 0.2) is 4.96 Å². The van der Waals surface area contributed by atoms with Gasteiger partial charge in [-0.3, -0.25) is 4.40 Å². The fraction of sp³-hybridized carbons (Fsp3) is 0.214. The molecule has 3 nitrogen and oxygen atoms in total. The summed E-state index contributed by atoms with van der Waals surface area (Å²) in [7, 11) is 0. The van der Waals surface area contributed by atoms with Gasteiger partial charge in [-0.1, -0.05) is 23.7 Å². The van der Waals surface area contributed by atoms with Crippen molar-refractivity contribution in [3.63, 3.8) is 0 Å². The van der Waals surface area contributed by atoms with Crippen LogP contribution in [-0.4, -0.2) is 14.5 Å². The Morgan fingerprint density at radius 2 is 2.32 bits per heavy atom. The van der Waals surface area contributed by atoms with E-state index in [2.05, 4.69) is 4.98 Å². The number of rotatable bonds is 3. The van der Waals surface area contributed by atoms with Gasteiger partial charge < -0.3 is 5.11 Å². The normalized spacial score (nSPS) is 13.0. The molecule has 19 heavy (non-hydrogen) atoms. The number of benzene rings is 1. The average Bonchev–Trinajstić information content (AvgIpc) is 2.93. The van der Waals surface area contributed by atoms with E-state index in [9.17, 15) is 5.11 Å². The second-order valence-corrected chi connectivity index (χ2v) is 5.78. The van der Waals surface area contributed by atoms with Crippen molar-refractivity contribution in [1.82, 2.24) is 9.38 Å². The molecular weight excluding hydrogens is 280 g/mol. The van der Waals surface area contributed by atoms with E-state index in [4.69, 9.17) is 11.6 Å². The summed E-state index contributed by atoms with van der Waals surface area (Å²) in [5.41, 5.74) is 2.68. The SMILES string of the molecule is Cc1c(Cl)cccc1C(O)Cc1cn2ccsc2n1. The third-order valence-electron chi connectivity index (χ3n) is 3.21. The molecule has 0 saturated heterocycles. The van der Waals surface area contributed by atoms with Crippen LogP contribution in [0.4, 0.5) is 0 Å². The summed E-state index contributed by atoms with van der Waals surface area (Å²) < 4.78 is 1.97. The molecule has 0 aliphatic rings. The van der Waals surface area contributed by atoms with Crippen molar-refractivity contribution >= 4 is 27.9 Å². The number of fused-ring (bicyclic) bond motifs is 1. The molecule has 0 amide bonds. The van der Waals surface area contributed by atoms with Crippen molar-refractivity contribution in [3.8, 4) is 0 Å². The quantitative estimate of drug-likeness (QED) is 0.800. The number of imidazole rings is 1. The second kappa shape index (κ2) is 4.96. The Labute approximate surface area is 120 Å². The zero-order chi connectivity index (χ0) is 13.4. The Balaban J connectivity index is 1.86. The zero-order valence-corrected chi connectivity index (χ0v) is 11.9. The van der Waals surface area contributed by atoms with Gasteiger partial charge in [0.2, 0.25) is 0 Å². The summed E-state index contributed by atoms with van der Waals surface area (Å²) in [6.45, 7) is 1.92. The predicted molar refractivity (Wildman–Crippen MR) is 77.9 cm³/mol. The van der Waals surface area contributed by atoms with E-state index in [0.29, 0.717) is 11.4 Å². The first-order valence-corrected chi connectivity index (χ1v) is 7.25. The number of nitrogens with zero attached hydrogens (tertiary/aromatic N) is 2. The number of thiazole rings is 1. The van der Waals surface area contributed by atoms with Crippen molar-refractivity contribution in [1.29, 1.82) is 0 Å². The first kappa shape index (κ1) is 12.7. The van der Waals surface area contributed by atoms with Gasteiger partial charge >= 0.3 is 0 Å². The molecule has 0 bridgehead atoms. The van der Waals surface area contributed by atoms with Crippen LogP contribution in [-0.2, 0) is 6.42 Å². The highest BCUT2D eigenvalue weighted by Gasteiger charge is 2.14. The monoisotopic (exact) mass is 292 g/mol. The summed E-state index contributed by atoms with van der Waals surface area (Å²) in [6, 6.07) is 5.60.